The number of nitrogens with two attached hydrogens (primary N) is 1. The number of nitrogen functional groups attached to an aromatic ring is 1. The Balaban J connectivity index is 2.00. The fourth-order valence-corrected chi connectivity index (χ4v) is 2.38. The Morgan fingerprint density at radius 3 is 3.14 bits per heavy atom. The van der Waals surface area contributed by atoms with E-state index in [0.29, 0.717) is 18.0 Å². The summed E-state index contributed by atoms with van der Waals surface area (Å²) in [5.74, 6) is 0.348. The summed E-state index contributed by atoms with van der Waals surface area (Å²) < 4.78 is 10.9. The lowest BCUT2D eigenvalue weighted by Gasteiger charge is -2.27. The maximum atomic E-state index is 11.7. The Kier molecular flexibility index (Phi) is 3.43. The number of esters is 1. The summed E-state index contributed by atoms with van der Waals surface area (Å²) in [5.41, 5.74) is 8.77. The molecule has 1 aliphatic heterocycles. The van der Waals surface area contributed by atoms with Gasteiger partial charge >= 0.3 is 5.97 Å². The molecule has 0 saturated carbocycles. The third-order valence-corrected chi connectivity index (χ3v) is 3.27. The molecule has 1 atom stereocenters. The first kappa shape index (κ1) is 13.4. The Bertz CT molecular complexity index is 688. The lowest BCUT2D eigenvalue weighted by Crippen LogP contribution is -2.20. The second-order valence-electron chi connectivity index (χ2n) is 4.70. The summed E-state index contributed by atoms with van der Waals surface area (Å²) >= 11 is 0. The van der Waals surface area contributed by atoms with E-state index in [1.54, 1.807) is 25.3 Å². The smallest absolute Gasteiger partial charge is 0.309 e. The van der Waals surface area contributed by atoms with Crippen LogP contribution in [0.15, 0.2) is 30.7 Å². The van der Waals surface area contributed by atoms with Crippen molar-refractivity contribution in [1.82, 2.24) is 9.97 Å². The standard InChI is InChI=1S/C15H15N3O3/c1-2-20-14(19)6-13-11-7-17-8-18-15(11)10-5-9(16)3-4-12(10)21-13/h3-5,7-8,13H,2,6,16H2,1H3. The van der Waals surface area contributed by atoms with Crippen LogP contribution in [0.25, 0.3) is 11.3 Å². The summed E-state index contributed by atoms with van der Waals surface area (Å²) in [4.78, 5) is 20.1. The van der Waals surface area contributed by atoms with E-state index in [1.807, 2.05) is 6.07 Å². The first-order valence-corrected chi connectivity index (χ1v) is 6.71. The van der Waals surface area contributed by atoms with Crippen molar-refractivity contribution in [2.24, 2.45) is 0 Å². The second-order valence-corrected chi connectivity index (χ2v) is 4.70. The van der Waals surface area contributed by atoms with Crippen molar-refractivity contribution >= 4 is 11.7 Å². The fourth-order valence-electron chi connectivity index (χ4n) is 2.38. The number of nitrogens with zero attached hydrogens (tertiary/aromatic N) is 2. The van der Waals surface area contributed by atoms with E-state index in [2.05, 4.69) is 9.97 Å². The molecule has 0 fully saturated rings. The predicted molar refractivity (Wildman–Crippen MR) is 76.5 cm³/mol. The molecule has 2 N–H and O–H groups in total. The summed E-state index contributed by atoms with van der Waals surface area (Å²) in [6.45, 7) is 2.12. The normalized spacial score (nSPS) is 15.6. The molecular weight excluding hydrogens is 270 g/mol. The van der Waals surface area contributed by atoms with E-state index in [0.717, 1.165) is 16.8 Å². The average molecular weight is 285 g/mol. The summed E-state index contributed by atoms with van der Waals surface area (Å²) in [6.07, 6.45) is 2.81. The molecule has 1 unspecified atom stereocenters. The summed E-state index contributed by atoms with van der Waals surface area (Å²) in [5, 5.41) is 0. The van der Waals surface area contributed by atoms with Crippen LogP contribution >= 0.6 is 0 Å². The zero-order valence-electron chi connectivity index (χ0n) is 11.6. The second kappa shape index (κ2) is 5.40. The molecular formula is C15H15N3O3. The number of carbonyl (C=O) groups excluding carboxylic acids is 1. The van der Waals surface area contributed by atoms with Crippen LogP contribution < -0.4 is 10.5 Å². The maximum Gasteiger partial charge on any atom is 0.309 e. The highest BCUT2D eigenvalue weighted by Gasteiger charge is 2.29. The quantitative estimate of drug-likeness (QED) is 0.686. The topological polar surface area (TPSA) is 87.3 Å². The van der Waals surface area contributed by atoms with Gasteiger partial charge in [0.15, 0.2) is 0 Å². The van der Waals surface area contributed by atoms with Gasteiger partial charge in [-0.2, -0.15) is 0 Å². The van der Waals surface area contributed by atoms with Gasteiger partial charge in [0.2, 0.25) is 0 Å². The Labute approximate surface area is 121 Å². The summed E-state index contributed by atoms with van der Waals surface area (Å²) in [7, 11) is 0. The number of anilines is 1. The Morgan fingerprint density at radius 1 is 1.48 bits per heavy atom. The SMILES string of the molecule is CCOC(=O)CC1Oc2ccc(N)cc2-c2ncncc21. The zero-order chi connectivity index (χ0) is 14.8. The van der Waals surface area contributed by atoms with Crippen LogP contribution in [0.4, 0.5) is 5.69 Å². The molecule has 0 bridgehead atoms. The van der Waals surface area contributed by atoms with Gasteiger partial charge in [-0.05, 0) is 25.1 Å². The zero-order valence-corrected chi connectivity index (χ0v) is 11.6. The van der Waals surface area contributed by atoms with E-state index in [1.165, 1.54) is 6.33 Å². The van der Waals surface area contributed by atoms with Crippen LogP contribution in [-0.2, 0) is 9.53 Å². The molecule has 3 rings (SSSR count). The van der Waals surface area contributed by atoms with Gasteiger partial charge in [-0.25, -0.2) is 9.97 Å². The number of hydrogen-bond donors (Lipinski definition) is 1. The van der Waals surface area contributed by atoms with Crippen LogP contribution in [0.5, 0.6) is 5.75 Å². The van der Waals surface area contributed by atoms with Gasteiger partial charge in [0.05, 0.1) is 18.7 Å². The molecule has 0 aliphatic carbocycles. The van der Waals surface area contributed by atoms with E-state index in [-0.39, 0.29) is 12.4 Å². The molecule has 21 heavy (non-hydrogen) atoms. The van der Waals surface area contributed by atoms with Gasteiger partial charge in [0, 0.05) is 23.0 Å². The van der Waals surface area contributed by atoms with E-state index in [4.69, 9.17) is 15.2 Å². The molecule has 0 saturated heterocycles. The lowest BCUT2D eigenvalue weighted by molar-refractivity contribution is -0.145. The third kappa shape index (κ3) is 2.52. The highest BCUT2D eigenvalue weighted by Crippen LogP contribution is 2.42. The Morgan fingerprint density at radius 2 is 2.33 bits per heavy atom. The first-order valence-electron chi connectivity index (χ1n) is 6.71. The number of benzene rings is 1. The van der Waals surface area contributed by atoms with Gasteiger partial charge < -0.3 is 15.2 Å². The van der Waals surface area contributed by atoms with E-state index >= 15 is 0 Å². The average Bonchev–Trinajstić information content (AvgIpc) is 2.48. The van der Waals surface area contributed by atoms with Crippen molar-refractivity contribution in [2.45, 2.75) is 19.4 Å². The molecule has 2 heterocycles. The molecule has 0 spiro atoms. The van der Waals surface area contributed by atoms with Crippen molar-refractivity contribution in [1.29, 1.82) is 0 Å². The van der Waals surface area contributed by atoms with Crippen molar-refractivity contribution in [2.75, 3.05) is 12.3 Å². The van der Waals surface area contributed by atoms with Gasteiger partial charge in [-0.15, -0.1) is 0 Å². The maximum absolute atomic E-state index is 11.7. The molecule has 1 aliphatic rings. The van der Waals surface area contributed by atoms with Crippen molar-refractivity contribution in [3.05, 3.63) is 36.3 Å². The van der Waals surface area contributed by atoms with E-state index < -0.39 is 6.10 Å². The fraction of sp³-hybridized carbons (Fsp3) is 0.267. The lowest BCUT2D eigenvalue weighted by atomic mass is 9.97. The molecule has 6 nitrogen and oxygen atoms in total. The number of hydrogen-bond acceptors (Lipinski definition) is 6. The van der Waals surface area contributed by atoms with Gasteiger partial charge in [0.1, 0.15) is 18.2 Å². The van der Waals surface area contributed by atoms with Crippen LogP contribution in [0.1, 0.15) is 25.0 Å². The van der Waals surface area contributed by atoms with Gasteiger partial charge in [-0.1, -0.05) is 0 Å². The number of ether oxygens (including phenoxy) is 2. The highest BCUT2D eigenvalue weighted by molar-refractivity contribution is 5.77. The minimum absolute atomic E-state index is 0.123. The predicted octanol–water partition coefficient (Wildman–Crippen LogP) is 2.11. The number of fused-ring (bicyclic) bond motifs is 3. The molecule has 2 aromatic rings. The van der Waals surface area contributed by atoms with Crippen LogP contribution in [0.3, 0.4) is 0 Å². The highest BCUT2D eigenvalue weighted by atomic mass is 16.5. The molecule has 108 valence electrons. The van der Waals surface area contributed by atoms with Crippen molar-refractivity contribution < 1.29 is 14.3 Å². The van der Waals surface area contributed by atoms with Crippen LogP contribution in [-0.4, -0.2) is 22.5 Å². The molecule has 6 heteroatoms. The molecule has 1 aromatic carbocycles. The Hall–Kier alpha value is -2.63. The third-order valence-electron chi connectivity index (χ3n) is 3.27. The first-order chi connectivity index (χ1) is 10.2. The van der Waals surface area contributed by atoms with Crippen molar-refractivity contribution in [3.63, 3.8) is 0 Å². The monoisotopic (exact) mass is 285 g/mol. The van der Waals surface area contributed by atoms with Crippen molar-refractivity contribution in [3.8, 4) is 17.0 Å². The molecule has 1 aromatic heterocycles. The minimum Gasteiger partial charge on any atom is -0.484 e. The summed E-state index contributed by atoms with van der Waals surface area (Å²) in [6, 6.07) is 5.35. The van der Waals surface area contributed by atoms with Crippen LogP contribution in [0.2, 0.25) is 0 Å². The largest absolute Gasteiger partial charge is 0.484 e. The number of rotatable bonds is 3. The van der Waals surface area contributed by atoms with Gasteiger partial charge in [0.25, 0.3) is 0 Å². The molecule has 0 radical (unpaired) electrons. The van der Waals surface area contributed by atoms with E-state index in [9.17, 15) is 4.79 Å². The number of carbonyl (C=O) groups is 1. The van der Waals surface area contributed by atoms with Crippen LogP contribution in [0, 0.1) is 0 Å². The van der Waals surface area contributed by atoms with Gasteiger partial charge in [-0.3, -0.25) is 4.79 Å². The number of aromatic nitrogens is 2. The molecule has 0 amide bonds. The minimum atomic E-state index is -0.448.